The molecule has 0 saturated heterocycles. The summed E-state index contributed by atoms with van der Waals surface area (Å²) >= 11 is 5.99. The van der Waals surface area contributed by atoms with Crippen LogP contribution < -0.4 is 16.0 Å². The standard InChI is InChI=1S/C13H15ClN4O/c1-8(2)9-4-3-5-10(6-9)19-12-11(14)7-16-13(17-12)18-15/h3-8H,15H2,1-2H3,(H,16,17,18). The molecule has 0 unspecified atom stereocenters. The average Bonchev–Trinajstić information content (AvgIpc) is 2.41. The van der Waals surface area contributed by atoms with Gasteiger partial charge >= 0.3 is 0 Å². The van der Waals surface area contributed by atoms with E-state index in [-0.39, 0.29) is 11.8 Å². The maximum Gasteiger partial charge on any atom is 0.243 e. The number of nitrogens with one attached hydrogen (secondary N) is 1. The number of hydrogen-bond acceptors (Lipinski definition) is 5. The summed E-state index contributed by atoms with van der Waals surface area (Å²) in [5.74, 6) is 6.87. The predicted molar refractivity (Wildman–Crippen MR) is 75.5 cm³/mol. The topological polar surface area (TPSA) is 73.1 Å². The van der Waals surface area contributed by atoms with Gasteiger partial charge in [0.2, 0.25) is 11.8 Å². The number of anilines is 1. The third-order valence-corrected chi connectivity index (χ3v) is 2.84. The molecule has 0 spiro atoms. The molecule has 0 saturated carbocycles. The van der Waals surface area contributed by atoms with E-state index in [1.54, 1.807) is 0 Å². The lowest BCUT2D eigenvalue weighted by Crippen LogP contribution is -2.10. The summed E-state index contributed by atoms with van der Waals surface area (Å²) in [5.41, 5.74) is 3.53. The van der Waals surface area contributed by atoms with E-state index < -0.39 is 0 Å². The molecule has 6 heteroatoms. The van der Waals surface area contributed by atoms with Crippen molar-refractivity contribution in [3.8, 4) is 11.6 Å². The molecule has 0 aliphatic carbocycles. The van der Waals surface area contributed by atoms with E-state index in [0.29, 0.717) is 16.7 Å². The Morgan fingerprint density at radius 3 is 2.84 bits per heavy atom. The lowest BCUT2D eigenvalue weighted by atomic mass is 10.0. The lowest BCUT2D eigenvalue weighted by molar-refractivity contribution is 0.461. The van der Waals surface area contributed by atoms with E-state index in [1.165, 1.54) is 11.8 Å². The normalized spacial score (nSPS) is 10.6. The van der Waals surface area contributed by atoms with Gasteiger partial charge in [-0.05, 0) is 23.6 Å². The summed E-state index contributed by atoms with van der Waals surface area (Å²) in [6.07, 6.45) is 1.44. The van der Waals surface area contributed by atoms with Crippen molar-refractivity contribution < 1.29 is 4.74 Å². The molecule has 1 aromatic heterocycles. The summed E-state index contributed by atoms with van der Waals surface area (Å²) in [5, 5.41) is 0.328. The quantitative estimate of drug-likeness (QED) is 0.663. The van der Waals surface area contributed by atoms with Crippen molar-refractivity contribution in [1.82, 2.24) is 9.97 Å². The Hall–Kier alpha value is -1.85. The number of nitrogen functional groups attached to an aromatic ring is 1. The number of hydrazine groups is 1. The maximum absolute atomic E-state index is 5.99. The minimum Gasteiger partial charge on any atom is -0.437 e. The molecular weight excluding hydrogens is 264 g/mol. The molecular formula is C13H15ClN4O. The third kappa shape index (κ3) is 3.33. The SMILES string of the molecule is CC(C)c1cccc(Oc2nc(NN)ncc2Cl)c1. The van der Waals surface area contributed by atoms with Gasteiger partial charge in [-0.15, -0.1) is 0 Å². The van der Waals surface area contributed by atoms with Gasteiger partial charge in [-0.3, -0.25) is 5.43 Å². The van der Waals surface area contributed by atoms with E-state index in [0.717, 1.165) is 0 Å². The largest absolute Gasteiger partial charge is 0.437 e. The minimum absolute atomic E-state index is 0.249. The van der Waals surface area contributed by atoms with E-state index in [9.17, 15) is 0 Å². The fourth-order valence-corrected chi connectivity index (χ4v) is 1.67. The van der Waals surface area contributed by atoms with E-state index in [4.69, 9.17) is 22.2 Å². The molecule has 0 radical (unpaired) electrons. The van der Waals surface area contributed by atoms with Crippen LogP contribution in [0.2, 0.25) is 5.02 Å². The van der Waals surface area contributed by atoms with Crippen molar-refractivity contribution in [3.05, 3.63) is 41.0 Å². The van der Waals surface area contributed by atoms with E-state index in [2.05, 4.69) is 29.2 Å². The number of ether oxygens (including phenoxy) is 1. The van der Waals surface area contributed by atoms with Crippen molar-refractivity contribution >= 4 is 17.5 Å². The minimum atomic E-state index is 0.249. The smallest absolute Gasteiger partial charge is 0.243 e. The molecule has 0 bridgehead atoms. The zero-order valence-corrected chi connectivity index (χ0v) is 11.5. The van der Waals surface area contributed by atoms with Gasteiger partial charge in [-0.1, -0.05) is 37.6 Å². The number of nitrogens with two attached hydrogens (primary N) is 1. The summed E-state index contributed by atoms with van der Waals surface area (Å²) in [7, 11) is 0. The molecule has 0 aliphatic heterocycles. The highest BCUT2D eigenvalue weighted by Gasteiger charge is 2.08. The van der Waals surface area contributed by atoms with Crippen LogP contribution in [0, 0.1) is 0 Å². The van der Waals surface area contributed by atoms with Crippen molar-refractivity contribution in [2.24, 2.45) is 5.84 Å². The molecule has 2 rings (SSSR count). The highest BCUT2D eigenvalue weighted by Crippen LogP contribution is 2.29. The Bertz CT molecular complexity index is 574. The zero-order chi connectivity index (χ0) is 13.8. The van der Waals surface area contributed by atoms with Gasteiger partial charge < -0.3 is 4.74 Å². The molecule has 0 fully saturated rings. The fourth-order valence-electron chi connectivity index (χ4n) is 1.54. The Morgan fingerprint density at radius 2 is 2.16 bits per heavy atom. The molecule has 19 heavy (non-hydrogen) atoms. The number of halogens is 1. The monoisotopic (exact) mass is 278 g/mol. The van der Waals surface area contributed by atoms with Gasteiger partial charge in [0.25, 0.3) is 0 Å². The van der Waals surface area contributed by atoms with Gasteiger partial charge in [0, 0.05) is 0 Å². The highest BCUT2D eigenvalue weighted by atomic mass is 35.5. The second-order valence-corrected chi connectivity index (χ2v) is 4.73. The second-order valence-electron chi connectivity index (χ2n) is 4.32. The number of benzene rings is 1. The Balaban J connectivity index is 2.28. The predicted octanol–water partition coefficient (Wildman–Crippen LogP) is 3.33. The molecule has 3 N–H and O–H groups in total. The van der Waals surface area contributed by atoms with Crippen LogP contribution in [0.1, 0.15) is 25.3 Å². The lowest BCUT2D eigenvalue weighted by Gasteiger charge is -2.10. The summed E-state index contributed by atoms with van der Waals surface area (Å²) in [6.45, 7) is 4.24. The number of hydrogen-bond donors (Lipinski definition) is 2. The molecule has 1 heterocycles. The first-order valence-corrected chi connectivity index (χ1v) is 6.25. The third-order valence-electron chi connectivity index (χ3n) is 2.58. The van der Waals surface area contributed by atoms with Crippen molar-refractivity contribution in [2.75, 3.05) is 5.43 Å². The van der Waals surface area contributed by atoms with Crippen molar-refractivity contribution in [3.63, 3.8) is 0 Å². The molecule has 0 aliphatic rings. The molecule has 0 atom stereocenters. The van der Waals surface area contributed by atoms with Crippen LogP contribution >= 0.6 is 11.6 Å². The summed E-state index contributed by atoms with van der Waals surface area (Å²) < 4.78 is 5.66. The van der Waals surface area contributed by atoms with E-state index >= 15 is 0 Å². The number of rotatable bonds is 4. The molecule has 100 valence electrons. The van der Waals surface area contributed by atoms with Crippen molar-refractivity contribution in [1.29, 1.82) is 0 Å². The van der Waals surface area contributed by atoms with Gasteiger partial charge in [-0.25, -0.2) is 10.8 Å². The van der Waals surface area contributed by atoms with Gasteiger partial charge in [-0.2, -0.15) is 4.98 Å². The van der Waals surface area contributed by atoms with Crippen LogP contribution in [0.25, 0.3) is 0 Å². The summed E-state index contributed by atoms with van der Waals surface area (Å²) in [4.78, 5) is 7.94. The average molecular weight is 279 g/mol. The molecule has 5 nitrogen and oxygen atoms in total. The first-order valence-electron chi connectivity index (χ1n) is 5.87. The number of aromatic nitrogens is 2. The van der Waals surface area contributed by atoms with E-state index in [1.807, 2.05) is 24.3 Å². The zero-order valence-electron chi connectivity index (χ0n) is 10.7. The maximum atomic E-state index is 5.99. The second kappa shape index (κ2) is 5.86. The Labute approximate surface area is 116 Å². The first kappa shape index (κ1) is 13.6. The highest BCUT2D eigenvalue weighted by molar-refractivity contribution is 6.31. The van der Waals surface area contributed by atoms with Crippen LogP contribution in [0.3, 0.4) is 0 Å². The van der Waals surface area contributed by atoms with Crippen molar-refractivity contribution in [2.45, 2.75) is 19.8 Å². The van der Waals surface area contributed by atoms with Crippen LogP contribution in [-0.4, -0.2) is 9.97 Å². The summed E-state index contributed by atoms with van der Waals surface area (Å²) in [6, 6.07) is 7.78. The Morgan fingerprint density at radius 1 is 1.37 bits per heavy atom. The molecule has 0 amide bonds. The van der Waals surface area contributed by atoms with Gasteiger partial charge in [0.05, 0.1) is 6.20 Å². The molecule has 2 aromatic rings. The Kier molecular flexibility index (Phi) is 4.19. The van der Waals surface area contributed by atoms with Crippen LogP contribution in [0.5, 0.6) is 11.6 Å². The molecule has 1 aromatic carbocycles. The van der Waals surface area contributed by atoms with Crippen LogP contribution in [0.4, 0.5) is 5.95 Å². The van der Waals surface area contributed by atoms with Crippen LogP contribution in [0.15, 0.2) is 30.5 Å². The fraction of sp³-hybridized carbons (Fsp3) is 0.231. The van der Waals surface area contributed by atoms with Crippen LogP contribution in [-0.2, 0) is 0 Å². The van der Waals surface area contributed by atoms with Gasteiger partial charge in [0.15, 0.2) is 0 Å². The number of nitrogens with zero attached hydrogens (tertiary/aromatic N) is 2. The van der Waals surface area contributed by atoms with Gasteiger partial charge in [0.1, 0.15) is 10.8 Å². The first-order chi connectivity index (χ1) is 9.10.